The Labute approximate surface area is 119 Å². The van der Waals surface area contributed by atoms with Crippen LogP contribution in [0.4, 0.5) is 5.13 Å². The number of nitrogens with one attached hydrogen (secondary N) is 1. The quantitative estimate of drug-likeness (QED) is 0.510. The van der Waals surface area contributed by atoms with Crippen molar-refractivity contribution in [2.75, 3.05) is 5.43 Å². The van der Waals surface area contributed by atoms with E-state index in [2.05, 4.69) is 25.2 Å². The van der Waals surface area contributed by atoms with Crippen molar-refractivity contribution < 1.29 is 0 Å². The van der Waals surface area contributed by atoms with Crippen LogP contribution in [0.2, 0.25) is 0 Å². The van der Waals surface area contributed by atoms with E-state index in [1.165, 1.54) is 24.1 Å². The first-order chi connectivity index (χ1) is 9.36. The second-order valence-corrected chi connectivity index (χ2v) is 6.48. The van der Waals surface area contributed by atoms with Crippen molar-refractivity contribution in [2.24, 2.45) is 5.84 Å². The molecule has 19 heavy (non-hydrogen) atoms. The van der Waals surface area contributed by atoms with Crippen molar-refractivity contribution in [3.8, 4) is 0 Å². The highest BCUT2D eigenvalue weighted by Gasteiger charge is 2.15. The van der Waals surface area contributed by atoms with E-state index in [4.69, 9.17) is 5.84 Å². The number of aryl methyl sites for hydroxylation is 1. The molecule has 0 radical (unpaired) electrons. The van der Waals surface area contributed by atoms with Gasteiger partial charge >= 0.3 is 0 Å². The number of fused-ring (bicyclic) bond motifs is 1. The molecule has 1 aliphatic heterocycles. The summed E-state index contributed by atoms with van der Waals surface area (Å²) in [7, 11) is 0. The van der Waals surface area contributed by atoms with Crippen LogP contribution < -0.4 is 11.3 Å². The van der Waals surface area contributed by atoms with Gasteiger partial charge in [0.25, 0.3) is 0 Å². The molecule has 102 valence electrons. The topological polar surface area (TPSA) is 81.7 Å². The fourth-order valence-corrected chi connectivity index (χ4v) is 3.87. The summed E-state index contributed by atoms with van der Waals surface area (Å²) < 4.78 is 2.26. The first kappa shape index (κ1) is 12.9. The Bertz CT molecular complexity index is 549. The second-order valence-electron chi connectivity index (χ2n) is 4.43. The lowest BCUT2D eigenvalue weighted by atomic mass is 10.2. The largest absolute Gasteiger partial charge is 0.306 e. The SMILES string of the molecule is NNc1ncc(CSc2nnc3n2CCCCC3)s1. The average molecular weight is 296 g/mol. The van der Waals surface area contributed by atoms with Crippen molar-refractivity contribution >= 4 is 28.2 Å². The highest BCUT2D eigenvalue weighted by molar-refractivity contribution is 7.98. The number of aromatic nitrogens is 4. The van der Waals surface area contributed by atoms with Gasteiger partial charge in [0.15, 0.2) is 10.3 Å². The Morgan fingerprint density at radius 1 is 1.37 bits per heavy atom. The predicted octanol–water partition coefficient (Wildman–Crippen LogP) is 2.04. The molecule has 3 heterocycles. The molecule has 3 N–H and O–H groups in total. The average Bonchev–Trinajstić information content (AvgIpc) is 2.97. The summed E-state index contributed by atoms with van der Waals surface area (Å²) in [6.45, 7) is 1.04. The number of hydrogen-bond acceptors (Lipinski definition) is 7. The maximum atomic E-state index is 5.33. The third-order valence-corrected chi connectivity index (χ3v) is 5.22. The first-order valence-electron chi connectivity index (χ1n) is 6.33. The van der Waals surface area contributed by atoms with Gasteiger partial charge in [-0.1, -0.05) is 18.2 Å². The third-order valence-electron chi connectivity index (χ3n) is 3.10. The van der Waals surface area contributed by atoms with E-state index < -0.39 is 0 Å². The van der Waals surface area contributed by atoms with Crippen molar-refractivity contribution in [1.29, 1.82) is 0 Å². The summed E-state index contributed by atoms with van der Waals surface area (Å²) in [5.41, 5.74) is 2.56. The number of rotatable bonds is 4. The number of nitrogens with zero attached hydrogens (tertiary/aromatic N) is 4. The number of thiazole rings is 1. The van der Waals surface area contributed by atoms with Gasteiger partial charge < -0.3 is 4.57 Å². The van der Waals surface area contributed by atoms with Gasteiger partial charge in [0, 0.05) is 29.8 Å². The van der Waals surface area contributed by atoms with E-state index in [1.54, 1.807) is 23.1 Å². The van der Waals surface area contributed by atoms with Gasteiger partial charge in [0.05, 0.1) is 0 Å². The second kappa shape index (κ2) is 5.89. The Hall–Kier alpha value is -1.12. The molecule has 0 fully saturated rings. The molecule has 0 aromatic carbocycles. The maximum Gasteiger partial charge on any atom is 0.197 e. The molecule has 6 nitrogen and oxygen atoms in total. The fourth-order valence-electron chi connectivity index (χ4n) is 2.14. The highest BCUT2D eigenvalue weighted by Crippen LogP contribution is 2.27. The zero-order valence-electron chi connectivity index (χ0n) is 10.5. The van der Waals surface area contributed by atoms with Crippen molar-refractivity contribution in [3.63, 3.8) is 0 Å². The Morgan fingerprint density at radius 2 is 2.32 bits per heavy atom. The summed E-state index contributed by atoms with van der Waals surface area (Å²) in [6, 6.07) is 0. The smallest absolute Gasteiger partial charge is 0.197 e. The normalized spacial score (nSPS) is 15.0. The van der Waals surface area contributed by atoms with Crippen LogP contribution in [0.15, 0.2) is 11.4 Å². The van der Waals surface area contributed by atoms with Crippen LogP contribution in [0.5, 0.6) is 0 Å². The lowest BCUT2D eigenvalue weighted by Gasteiger charge is -2.05. The molecule has 0 atom stereocenters. The molecule has 3 rings (SSSR count). The molecular weight excluding hydrogens is 280 g/mol. The molecule has 0 bridgehead atoms. The zero-order chi connectivity index (χ0) is 13.1. The molecule has 0 saturated heterocycles. The molecule has 2 aromatic heterocycles. The fraction of sp³-hybridized carbons (Fsp3) is 0.545. The van der Waals surface area contributed by atoms with Gasteiger partial charge in [0.2, 0.25) is 0 Å². The minimum atomic E-state index is 0.746. The van der Waals surface area contributed by atoms with E-state index in [0.717, 1.165) is 34.8 Å². The van der Waals surface area contributed by atoms with Gasteiger partial charge in [-0.15, -0.1) is 21.5 Å². The summed E-state index contributed by atoms with van der Waals surface area (Å²) in [5.74, 6) is 7.32. The lowest BCUT2D eigenvalue weighted by molar-refractivity contribution is 0.591. The number of nitrogen functional groups attached to an aromatic ring is 1. The van der Waals surface area contributed by atoms with Crippen LogP contribution in [0.3, 0.4) is 0 Å². The molecule has 0 unspecified atom stereocenters. The molecule has 0 amide bonds. The Morgan fingerprint density at radius 3 is 3.16 bits per heavy atom. The van der Waals surface area contributed by atoms with Gasteiger partial charge in [-0.3, -0.25) is 5.43 Å². The van der Waals surface area contributed by atoms with Crippen LogP contribution >= 0.6 is 23.1 Å². The minimum absolute atomic E-state index is 0.746. The van der Waals surface area contributed by atoms with Crippen LogP contribution in [0.25, 0.3) is 0 Å². The zero-order valence-corrected chi connectivity index (χ0v) is 12.1. The molecule has 1 aliphatic rings. The van der Waals surface area contributed by atoms with Crippen LogP contribution in [-0.2, 0) is 18.7 Å². The van der Waals surface area contributed by atoms with Crippen LogP contribution in [0.1, 0.15) is 30.0 Å². The monoisotopic (exact) mass is 296 g/mol. The van der Waals surface area contributed by atoms with E-state index in [9.17, 15) is 0 Å². The number of thioether (sulfide) groups is 1. The summed E-state index contributed by atoms with van der Waals surface area (Å²) in [6.07, 6.45) is 6.64. The highest BCUT2D eigenvalue weighted by atomic mass is 32.2. The van der Waals surface area contributed by atoms with Crippen molar-refractivity contribution in [2.45, 2.75) is 43.1 Å². The molecule has 0 spiro atoms. The molecule has 2 aromatic rings. The van der Waals surface area contributed by atoms with Gasteiger partial charge in [0.1, 0.15) is 5.82 Å². The van der Waals surface area contributed by atoms with E-state index in [0.29, 0.717) is 0 Å². The van der Waals surface area contributed by atoms with Crippen LogP contribution in [-0.4, -0.2) is 19.7 Å². The Kier molecular flexibility index (Phi) is 4.00. The van der Waals surface area contributed by atoms with Gasteiger partial charge in [-0.25, -0.2) is 10.8 Å². The first-order valence-corrected chi connectivity index (χ1v) is 8.13. The maximum absolute atomic E-state index is 5.33. The molecular formula is C11H16N6S2. The summed E-state index contributed by atoms with van der Waals surface area (Å²) >= 11 is 3.29. The van der Waals surface area contributed by atoms with Gasteiger partial charge in [-0.2, -0.15) is 0 Å². The Balaban J connectivity index is 1.68. The molecule has 8 heteroatoms. The van der Waals surface area contributed by atoms with Crippen molar-refractivity contribution in [1.82, 2.24) is 19.7 Å². The van der Waals surface area contributed by atoms with E-state index >= 15 is 0 Å². The minimum Gasteiger partial charge on any atom is -0.306 e. The molecule has 0 aliphatic carbocycles. The molecule has 0 saturated carbocycles. The predicted molar refractivity (Wildman–Crippen MR) is 77.1 cm³/mol. The number of hydrazine groups is 1. The van der Waals surface area contributed by atoms with Crippen LogP contribution in [0, 0.1) is 0 Å². The summed E-state index contributed by atoms with van der Waals surface area (Å²) in [5, 5.41) is 10.4. The number of anilines is 1. The standard InChI is InChI=1S/C11H16N6S2/c12-14-10-13-6-8(19-10)7-18-11-16-15-9-4-2-1-3-5-17(9)11/h6H,1-5,7,12H2,(H,13,14). The summed E-state index contributed by atoms with van der Waals surface area (Å²) in [4.78, 5) is 5.35. The van der Waals surface area contributed by atoms with E-state index in [-0.39, 0.29) is 0 Å². The van der Waals surface area contributed by atoms with E-state index in [1.807, 2.05) is 6.20 Å². The van der Waals surface area contributed by atoms with Gasteiger partial charge in [-0.05, 0) is 12.8 Å². The lowest BCUT2D eigenvalue weighted by Crippen LogP contribution is -2.05. The number of nitrogens with two attached hydrogens (primary N) is 1. The van der Waals surface area contributed by atoms with Crippen molar-refractivity contribution in [3.05, 3.63) is 16.9 Å². The third kappa shape index (κ3) is 2.90. The number of hydrogen-bond donors (Lipinski definition) is 2.